The van der Waals surface area contributed by atoms with E-state index in [1.165, 1.54) is 24.0 Å². The molecule has 0 aliphatic heterocycles. The Morgan fingerprint density at radius 3 is 2.94 bits per heavy atom. The molecule has 3 N–H and O–H groups in total. The molecule has 0 heterocycles. The van der Waals surface area contributed by atoms with Gasteiger partial charge in [-0.05, 0) is 42.9 Å². The van der Waals surface area contributed by atoms with Gasteiger partial charge >= 0.3 is 0 Å². The van der Waals surface area contributed by atoms with Crippen LogP contribution in [0.15, 0.2) is 18.2 Å². The number of carbonyl (C=O) groups excluding carboxylic acids is 1. The van der Waals surface area contributed by atoms with E-state index in [-0.39, 0.29) is 11.8 Å². The summed E-state index contributed by atoms with van der Waals surface area (Å²) >= 11 is 0. The smallest absolute Gasteiger partial charge is 0.228 e. The first-order valence-electron chi connectivity index (χ1n) is 6.34. The third-order valence-electron chi connectivity index (χ3n) is 3.45. The highest BCUT2D eigenvalue weighted by Crippen LogP contribution is 2.28. The number of nitrogens with two attached hydrogens (primary N) is 1. The predicted octanol–water partition coefficient (Wildman–Crippen LogP) is 2.10. The average molecular weight is 232 g/mol. The molecule has 0 saturated heterocycles. The lowest BCUT2D eigenvalue weighted by Crippen LogP contribution is -2.27. The molecule has 0 aromatic heterocycles. The molecule has 3 nitrogen and oxygen atoms in total. The highest BCUT2D eigenvalue weighted by Gasteiger charge is 2.16. The van der Waals surface area contributed by atoms with Gasteiger partial charge in [0.25, 0.3) is 0 Å². The third kappa shape index (κ3) is 2.67. The number of amides is 1. The molecule has 2 rings (SSSR count). The van der Waals surface area contributed by atoms with E-state index in [4.69, 9.17) is 5.73 Å². The number of carbonyl (C=O) groups is 1. The number of anilines is 1. The molecule has 1 aromatic carbocycles. The largest absolute Gasteiger partial charge is 0.330 e. The summed E-state index contributed by atoms with van der Waals surface area (Å²) in [6.07, 6.45) is 4.67. The van der Waals surface area contributed by atoms with Crippen LogP contribution in [0.1, 0.15) is 30.9 Å². The van der Waals surface area contributed by atoms with Gasteiger partial charge in [-0.25, -0.2) is 0 Å². The zero-order chi connectivity index (χ0) is 12.3. The summed E-state index contributed by atoms with van der Waals surface area (Å²) in [5, 5.41) is 3.00. The topological polar surface area (TPSA) is 55.1 Å². The van der Waals surface area contributed by atoms with E-state index in [1.807, 2.05) is 19.1 Å². The van der Waals surface area contributed by atoms with E-state index in [1.54, 1.807) is 0 Å². The Morgan fingerprint density at radius 1 is 1.41 bits per heavy atom. The fraction of sp³-hybridized carbons (Fsp3) is 0.500. The Hall–Kier alpha value is -1.35. The number of hydrogen-bond donors (Lipinski definition) is 2. The normalized spacial score (nSPS) is 16.1. The van der Waals surface area contributed by atoms with Crippen LogP contribution in [0.2, 0.25) is 0 Å². The molecule has 92 valence electrons. The second kappa shape index (κ2) is 5.32. The summed E-state index contributed by atoms with van der Waals surface area (Å²) in [4.78, 5) is 11.8. The van der Waals surface area contributed by atoms with E-state index in [0.29, 0.717) is 6.54 Å². The predicted molar refractivity (Wildman–Crippen MR) is 69.9 cm³/mol. The molecule has 0 bridgehead atoms. The molecular formula is C14H20N2O. The first-order valence-corrected chi connectivity index (χ1v) is 6.34. The van der Waals surface area contributed by atoms with E-state index >= 15 is 0 Å². The maximum Gasteiger partial charge on any atom is 0.228 e. The Balaban J connectivity index is 2.18. The average Bonchev–Trinajstić information content (AvgIpc) is 2.38. The molecular weight excluding hydrogens is 212 g/mol. The third-order valence-corrected chi connectivity index (χ3v) is 3.45. The first kappa shape index (κ1) is 12.1. The van der Waals surface area contributed by atoms with Crippen LogP contribution in [0.4, 0.5) is 5.69 Å². The highest BCUT2D eigenvalue weighted by molar-refractivity contribution is 5.93. The van der Waals surface area contributed by atoms with E-state index in [2.05, 4.69) is 11.4 Å². The molecule has 0 saturated carbocycles. The SMILES string of the molecule is CC(CN)C(=O)Nc1cccc2c1CCCC2. The lowest BCUT2D eigenvalue weighted by atomic mass is 9.90. The first-order chi connectivity index (χ1) is 8.22. The molecule has 1 amide bonds. The van der Waals surface area contributed by atoms with Crippen molar-refractivity contribution in [3.05, 3.63) is 29.3 Å². The van der Waals surface area contributed by atoms with E-state index in [0.717, 1.165) is 18.5 Å². The van der Waals surface area contributed by atoms with Gasteiger partial charge in [0.2, 0.25) is 5.91 Å². The summed E-state index contributed by atoms with van der Waals surface area (Å²) in [5.41, 5.74) is 9.18. The zero-order valence-corrected chi connectivity index (χ0v) is 10.3. The van der Waals surface area contributed by atoms with Gasteiger partial charge in [-0.3, -0.25) is 4.79 Å². The molecule has 3 heteroatoms. The molecule has 1 aromatic rings. The van der Waals surface area contributed by atoms with E-state index < -0.39 is 0 Å². The standard InChI is InChI=1S/C14H20N2O/c1-10(9-15)14(17)16-13-8-4-6-11-5-2-3-7-12(11)13/h4,6,8,10H,2-3,5,7,9,15H2,1H3,(H,16,17). The molecule has 0 fully saturated rings. The molecule has 1 atom stereocenters. The summed E-state index contributed by atoms with van der Waals surface area (Å²) in [6.45, 7) is 2.24. The monoisotopic (exact) mass is 232 g/mol. The highest BCUT2D eigenvalue weighted by atomic mass is 16.1. The zero-order valence-electron chi connectivity index (χ0n) is 10.3. The van der Waals surface area contributed by atoms with Crippen molar-refractivity contribution in [3.63, 3.8) is 0 Å². The number of aryl methyl sites for hydroxylation is 1. The van der Waals surface area contributed by atoms with Crippen molar-refractivity contribution in [1.82, 2.24) is 0 Å². The van der Waals surface area contributed by atoms with Crippen LogP contribution in [-0.4, -0.2) is 12.5 Å². The molecule has 1 aliphatic carbocycles. The van der Waals surface area contributed by atoms with Gasteiger partial charge in [-0.2, -0.15) is 0 Å². The summed E-state index contributed by atoms with van der Waals surface area (Å²) < 4.78 is 0. The second-order valence-corrected chi connectivity index (χ2v) is 4.78. The Bertz CT molecular complexity index is 415. The van der Waals surface area contributed by atoms with Crippen LogP contribution in [0.3, 0.4) is 0 Å². The van der Waals surface area contributed by atoms with Crippen molar-refractivity contribution in [2.24, 2.45) is 11.7 Å². The quantitative estimate of drug-likeness (QED) is 0.838. The number of nitrogens with one attached hydrogen (secondary N) is 1. The number of hydrogen-bond acceptors (Lipinski definition) is 2. The van der Waals surface area contributed by atoms with Crippen LogP contribution in [0.5, 0.6) is 0 Å². The Labute approximate surface area is 102 Å². The maximum atomic E-state index is 11.8. The van der Waals surface area contributed by atoms with Crippen molar-refractivity contribution in [2.45, 2.75) is 32.6 Å². The van der Waals surface area contributed by atoms with Crippen molar-refractivity contribution in [1.29, 1.82) is 0 Å². The minimum absolute atomic E-state index is 0.0199. The van der Waals surface area contributed by atoms with Crippen molar-refractivity contribution in [2.75, 3.05) is 11.9 Å². The van der Waals surface area contributed by atoms with Gasteiger partial charge in [0.05, 0.1) is 0 Å². The Morgan fingerprint density at radius 2 is 2.18 bits per heavy atom. The van der Waals surface area contributed by atoms with Gasteiger partial charge in [-0.15, -0.1) is 0 Å². The molecule has 17 heavy (non-hydrogen) atoms. The van der Waals surface area contributed by atoms with Crippen molar-refractivity contribution < 1.29 is 4.79 Å². The van der Waals surface area contributed by atoms with Crippen molar-refractivity contribution in [3.8, 4) is 0 Å². The van der Waals surface area contributed by atoms with Crippen LogP contribution in [0, 0.1) is 5.92 Å². The fourth-order valence-corrected chi connectivity index (χ4v) is 2.26. The van der Waals surface area contributed by atoms with Gasteiger partial charge < -0.3 is 11.1 Å². The summed E-state index contributed by atoms with van der Waals surface area (Å²) in [7, 11) is 0. The van der Waals surface area contributed by atoms with Gasteiger partial charge in [0.15, 0.2) is 0 Å². The van der Waals surface area contributed by atoms with Gasteiger partial charge in [0.1, 0.15) is 0 Å². The fourth-order valence-electron chi connectivity index (χ4n) is 2.26. The lowest BCUT2D eigenvalue weighted by Gasteiger charge is -2.20. The maximum absolute atomic E-state index is 11.8. The number of fused-ring (bicyclic) bond motifs is 1. The summed E-state index contributed by atoms with van der Waals surface area (Å²) in [5.74, 6) is -0.110. The van der Waals surface area contributed by atoms with Gasteiger partial charge in [-0.1, -0.05) is 19.1 Å². The van der Waals surface area contributed by atoms with Crippen LogP contribution in [0.25, 0.3) is 0 Å². The van der Waals surface area contributed by atoms with Crippen molar-refractivity contribution >= 4 is 11.6 Å². The van der Waals surface area contributed by atoms with E-state index in [9.17, 15) is 4.79 Å². The van der Waals surface area contributed by atoms with Crippen LogP contribution in [-0.2, 0) is 17.6 Å². The molecule has 0 radical (unpaired) electrons. The van der Waals surface area contributed by atoms with Gasteiger partial charge in [0, 0.05) is 18.2 Å². The summed E-state index contributed by atoms with van der Waals surface area (Å²) in [6, 6.07) is 6.18. The van der Waals surface area contributed by atoms with Crippen LogP contribution < -0.4 is 11.1 Å². The number of rotatable bonds is 3. The Kier molecular flexibility index (Phi) is 3.79. The second-order valence-electron chi connectivity index (χ2n) is 4.78. The number of benzene rings is 1. The van der Waals surface area contributed by atoms with Crippen LogP contribution >= 0.6 is 0 Å². The molecule has 1 unspecified atom stereocenters. The minimum Gasteiger partial charge on any atom is -0.330 e. The lowest BCUT2D eigenvalue weighted by molar-refractivity contribution is -0.119. The molecule has 1 aliphatic rings. The molecule has 0 spiro atoms. The minimum atomic E-state index is -0.130.